The van der Waals surface area contributed by atoms with Crippen LogP contribution in [0, 0.1) is 5.92 Å². The Morgan fingerprint density at radius 1 is 1.53 bits per heavy atom. The molecule has 1 atom stereocenters. The second-order valence-electron chi connectivity index (χ2n) is 3.98. The van der Waals surface area contributed by atoms with Crippen LogP contribution in [0.4, 0.5) is 0 Å². The predicted octanol–water partition coefficient (Wildman–Crippen LogP) is 1.81. The highest BCUT2D eigenvalue weighted by molar-refractivity contribution is 7.99. The van der Waals surface area contributed by atoms with Gasteiger partial charge in [0, 0.05) is 6.42 Å². The van der Waals surface area contributed by atoms with Crippen molar-refractivity contribution in [3.05, 3.63) is 11.7 Å². The summed E-state index contributed by atoms with van der Waals surface area (Å²) >= 11 is 2.02. The fourth-order valence-electron chi connectivity index (χ4n) is 1.73. The molecule has 0 aliphatic carbocycles. The van der Waals surface area contributed by atoms with E-state index in [1.807, 2.05) is 11.8 Å². The van der Waals surface area contributed by atoms with Gasteiger partial charge in [-0.1, -0.05) is 5.16 Å². The Morgan fingerprint density at radius 2 is 2.27 bits per heavy atom. The Labute approximate surface area is 93.4 Å². The first-order valence-corrected chi connectivity index (χ1v) is 6.49. The van der Waals surface area contributed by atoms with E-state index in [-0.39, 0.29) is 0 Å². The van der Waals surface area contributed by atoms with Crippen molar-refractivity contribution in [3.63, 3.8) is 0 Å². The number of thioether (sulfide) groups is 1. The molecule has 0 saturated carbocycles. The summed E-state index contributed by atoms with van der Waals surface area (Å²) in [5.41, 5.74) is 0. The van der Waals surface area contributed by atoms with Crippen molar-refractivity contribution in [1.82, 2.24) is 10.1 Å². The number of rotatable bonds is 3. The van der Waals surface area contributed by atoms with E-state index in [4.69, 9.17) is 4.52 Å². The van der Waals surface area contributed by atoms with Crippen LogP contribution in [-0.4, -0.2) is 26.8 Å². The van der Waals surface area contributed by atoms with Gasteiger partial charge in [0.05, 0.1) is 0 Å². The zero-order chi connectivity index (χ0) is 10.7. The lowest BCUT2D eigenvalue weighted by Gasteiger charge is -2.19. The lowest BCUT2D eigenvalue weighted by Crippen LogP contribution is -2.13. The van der Waals surface area contributed by atoms with E-state index in [0.717, 1.165) is 12.2 Å². The van der Waals surface area contributed by atoms with Crippen molar-refractivity contribution in [3.8, 4) is 0 Å². The number of aliphatic hydroxyl groups is 1. The van der Waals surface area contributed by atoms with Gasteiger partial charge in [0.2, 0.25) is 0 Å². The molecule has 4 nitrogen and oxygen atoms in total. The van der Waals surface area contributed by atoms with Gasteiger partial charge in [0.25, 0.3) is 5.89 Å². The molecule has 15 heavy (non-hydrogen) atoms. The molecule has 0 radical (unpaired) electrons. The fraction of sp³-hybridized carbons (Fsp3) is 0.800. The largest absolute Gasteiger partial charge is 0.384 e. The van der Waals surface area contributed by atoms with Crippen LogP contribution >= 0.6 is 11.8 Å². The maximum absolute atomic E-state index is 9.24. The van der Waals surface area contributed by atoms with Gasteiger partial charge >= 0.3 is 0 Å². The Bertz CT molecular complexity index is 308. The third-order valence-corrected chi connectivity index (χ3v) is 3.70. The number of nitrogens with zero attached hydrogens (tertiary/aromatic N) is 2. The van der Waals surface area contributed by atoms with Crippen LogP contribution in [0.3, 0.4) is 0 Å². The van der Waals surface area contributed by atoms with E-state index in [0.29, 0.717) is 11.8 Å². The van der Waals surface area contributed by atoms with Gasteiger partial charge < -0.3 is 9.63 Å². The number of aromatic nitrogens is 2. The summed E-state index contributed by atoms with van der Waals surface area (Å²) in [4.78, 5) is 4.17. The molecule has 1 aliphatic rings. The van der Waals surface area contributed by atoms with E-state index >= 15 is 0 Å². The first-order valence-electron chi connectivity index (χ1n) is 5.34. The summed E-state index contributed by atoms with van der Waals surface area (Å²) in [5.74, 6) is 4.24. The summed E-state index contributed by atoms with van der Waals surface area (Å²) in [5, 5.41) is 13.1. The first kappa shape index (κ1) is 11.0. The van der Waals surface area contributed by atoms with Crippen molar-refractivity contribution >= 4 is 11.8 Å². The molecule has 0 aromatic carbocycles. The molecule has 2 heterocycles. The molecule has 1 N–H and O–H groups in total. The summed E-state index contributed by atoms with van der Waals surface area (Å²) in [6.45, 7) is 1.63. The van der Waals surface area contributed by atoms with Crippen LogP contribution in [0.1, 0.15) is 37.6 Å². The number of hydrogen-bond donors (Lipinski definition) is 1. The molecule has 1 aliphatic heterocycles. The van der Waals surface area contributed by atoms with Crippen LogP contribution in [-0.2, 0) is 6.42 Å². The number of hydrogen-bond acceptors (Lipinski definition) is 5. The third-order valence-electron chi connectivity index (χ3n) is 2.65. The van der Waals surface area contributed by atoms with Crippen LogP contribution < -0.4 is 0 Å². The Morgan fingerprint density at radius 3 is 2.87 bits per heavy atom. The number of aliphatic hydroxyl groups excluding tert-OH is 1. The molecule has 1 aromatic rings. The minimum Gasteiger partial charge on any atom is -0.384 e. The molecule has 0 amide bonds. The predicted molar refractivity (Wildman–Crippen MR) is 58.7 cm³/mol. The van der Waals surface area contributed by atoms with Crippen LogP contribution in [0.5, 0.6) is 0 Å². The molecule has 1 fully saturated rings. The molecule has 84 valence electrons. The van der Waals surface area contributed by atoms with Gasteiger partial charge in [-0.2, -0.15) is 16.7 Å². The van der Waals surface area contributed by atoms with Gasteiger partial charge in [-0.15, -0.1) is 0 Å². The van der Waals surface area contributed by atoms with Crippen molar-refractivity contribution in [2.75, 3.05) is 11.5 Å². The highest BCUT2D eigenvalue weighted by atomic mass is 32.2. The SMILES string of the molecule is CC(O)c1nc(CC2CCSCC2)no1. The zero-order valence-electron chi connectivity index (χ0n) is 8.85. The van der Waals surface area contributed by atoms with Crippen molar-refractivity contribution in [2.24, 2.45) is 5.92 Å². The lowest BCUT2D eigenvalue weighted by atomic mass is 9.99. The molecule has 1 unspecified atom stereocenters. The standard InChI is InChI=1S/C10H16N2O2S/c1-7(13)10-11-9(12-14-10)6-8-2-4-15-5-3-8/h7-8,13H,2-6H2,1H3. The second-order valence-corrected chi connectivity index (χ2v) is 5.21. The molecule has 1 saturated heterocycles. The van der Waals surface area contributed by atoms with Gasteiger partial charge in [0.15, 0.2) is 5.82 Å². The van der Waals surface area contributed by atoms with E-state index in [9.17, 15) is 5.11 Å². The van der Waals surface area contributed by atoms with E-state index < -0.39 is 6.10 Å². The van der Waals surface area contributed by atoms with Gasteiger partial charge in [0.1, 0.15) is 6.10 Å². The molecular weight excluding hydrogens is 212 g/mol. The highest BCUT2D eigenvalue weighted by Crippen LogP contribution is 2.25. The fourth-order valence-corrected chi connectivity index (χ4v) is 2.93. The molecule has 0 bridgehead atoms. The summed E-state index contributed by atoms with van der Waals surface area (Å²) in [7, 11) is 0. The Kier molecular flexibility index (Phi) is 3.64. The van der Waals surface area contributed by atoms with Gasteiger partial charge in [-0.05, 0) is 37.2 Å². The molecule has 5 heteroatoms. The van der Waals surface area contributed by atoms with Crippen LogP contribution in [0.15, 0.2) is 4.52 Å². The van der Waals surface area contributed by atoms with Crippen molar-refractivity contribution < 1.29 is 9.63 Å². The summed E-state index contributed by atoms with van der Waals surface area (Å²) in [6.07, 6.45) is 2.71. The molecular formula is C10H16N2O2S. The monoisotopic (exact) mass is 228 g/mol. The Balaban J connectivity index is 1.91. The normalized spacial score (nSPS) is 20.4. The van der Waals surface area contributed by atoms with Gasteiger partial charge in [-0.3, -0.25) is 0 Å². The minimum absolute atomic E-state index is 0.329. The van der Waals surface area contributed by atoms with Crippen molar-refractivity contribution in [1.29, 1.82) is 0 Å². The summed E-state index contributed by atoms with van der Waals surface area (Å²) in [6, 6.07) is 0. The molecule has 2 rings (SSSR count). The lowest BCUT2D eigenvalue weighted by molar-refractivity contribution is 0.151. The second kappa shape index (κ2) is 4.99. The topological polar surface area (TPSA) is 59.2 Å². The summed E-state index contributed by atoms with van der Waals surface area (Å²) < 4.78 is 4.95. The maximum atomic E-state index is 9.24. The first-order chi connectivity index (χ1) is 7.25. The van der Waals surface area contributed by atoms with E-state index in [1.165, 1.54) is 24.3 Å². The van der Waals surface area contributed by atoms with Crippen LogP contribution in [0.2, 0.25) is 0 Å². The van der Waals surface area contributed by atoms with Gasteiger partial charge in [-0.25, -0.2) is 0 Å². The minimum atomic E-state index is -0.659. The maximum Gasteiger partial charge on any atom is 0.255 e. The Hall–Kier alpha value is -0.550. The third kappa shape index (κ3) is 2.95. The molecule has 0 spiro atoms. The average Bonchev–Trinajstić information content (AvgIpc) is 2.68. The molecule has 1 aromatic heterocycles. The quantitative estimate of drug-likeness (QED) is 0.855. The van der Waals surface area contributed by atoms with E-state index in [1.54, 1.807) is 6.92 Å². The van der Waals surface area contributed by atoms with E-state index in [2.05, 4.69) is 10.1 Å². The highest BCUT2D eigenvalue weighted by Gasteiger charge is 2.18. The van der Waals surface area contributed by atoms with Crippen LogP contribution in [0.25, 0.3) is 0 Å². The zero-order valence-corrected chi connectivity index (χ0v) is 9.66. The van der Waals surface area contributed by atoms with Crippen molar-refractivity contribution in [2.45, 2.75) is 32.3 Å². The smallest absolute Gasteiger partial charge is 0.255 e. The average molecular weight is 228 g/mol.